The number of benzene rings is 1. The molecule has 1 aromatic heterocycles. The maximum atomic E-state index is 13.5. The number of nitro groups is 1. The number of nitro benzene ring substituents is 1. The summed E-state index contributed by atoms with van der Waals surface area (Å²) in [5.41, 5.74) is -0.167. The Morgan fingerprint density at radius 2 is 2.05 bits per heavy atom. The van der Waals surface area contributed by atoms with Gasteiger partial charge in [-0.05, 0) is 0 Å². The molecule has 20 heavy (non-hydrogen) atoms. The van der Waals surface area contributed by atoms with E-state index in [1.54, 1.807) is 5.38 Å². The number of H-pyrrole nitrogens is 1. The lowest BCUT2D eigenvalue weighted by atomic mass is 10.1. The summed E-state index contributed by atoms with van der Waals surface area (Å²) in [7, 11) is 0. The standard InChI is InChI=1S/C11H9F2N3O3S/c12-8-2-9(13)10(16(18)19)1-6(8)3-14-4-7-5-20-11(17)15-7/h1-2,5,14H,3-4H2,(H,15,17). The minimum absolute atomic E-state index is 0.0179. The van der Waals surface area contributed by atoms with Crippen molar-refractivity contribution in [3.05, 3.63) is 60.2 Å². The lowest BCUT2D eigenvalue weighted by molar-refractivity contribution is -0.387. The molecule has 0 saturated heterocycles. The van der Waals surface area contributed by atoms with Gasteiger partial charge in [0.2, 0.25) is 5.82 Å². The van der Waals surface area contributed by atoms with Crippen LogP contribution in [-0.2, 0) is 13.1 Å². The minimum atomic E-state index is -1.21. The summed E-state index contributed by atoms with van der Waals surface area (Å²) in [6.07, 6.45) is 0. The highest BCUT2D eigenvalue weighted by molar-refractivity contribution is 7.07. The molecule has 2 aromatic rings. The summed E-state index contributed by atoms with van der Waals surface area (Å²) in [4.78, 5) is 22.9. The Morgan fingerprint density at radius 1 is 1.30 bits per heavy atom. The number of thiazole rings is 1. The first-order valence-electron chi connectivity index (χ1n) is 5.47. The van der Waals surface area contributed by atoms with Crippen LogP contribution in [0.5, 0.6) is 0 Å². The first-order chi connectivity index (χ1) is 9.47. The molecule has 0 radical (unpaired) electrons. The van der Waals surface area contributed by atoms with Crippen molar-refractivity contribution in [1.29, 1.82) is 0 Å². The lowest BCUT2D eigenvalue weighted by Crippen LogP contribution is -2.15. The number of aromatic nitrogens is 1. The predicted molar refractivity (Wildman–Crippen MR) is 68.5 cm³/mol. The second-order valence-electron chi connectivity index (χ2n) is 3.93. The van der Waals surface area contributed by atoms with Crippen molar-refractivity contribution in [3.63, 3.8) is 0 Å². The van der Waals surface area contributed by atoms with Crippen LogP contribution in [0.4, 0.5) is 14.5 Å². The van der Waals surface area contributed by atoms with Crippen molar-refractivity contribution in [3.8, 4) is 0 Å². The van der Waals surface area contributed by atoms with Crippen molar-refractivity contribution in [2.45, 2.75) is 13.1 Å². The van der Waals surface area contributed by atoms with Crippen LogP contribution in [0.1, 0.15) is 11.3 Å². The third-order valence-electron chi connectivity index (χ3n) is 2.51. The molecule has 1 aromatic carbocycles. The van der Waals surface area contributed by atoms with E-state index >= 15 is 0 Å². The summed E-state index contributed by atoms with van der Waals surface area (Å²) in [5, 5.41) is 15.0. The molecule has 0 unspecified atom stereocenters. The van der Waals surface area contributed by atoms with Crippen LogP contribution >= 0.6 is 11.3 Å². The summed E-state index contributed by atoms with van der Waals surface area (Å²) in [6.45, 7) is 0.244. The summed E-state index contributed by atoms with van der Waals surface area (Å²) < 4.78 is 26.6. The Morgan fingerprint density at radius 3 is 2.65 bits per heavy atom. The fourth-order valence-corrected chi connectivity index (χ4v) is 2.17. The third kappa shape index (κ3) is 3.25. The number of aromatic amines is 1. The van der Waals surface area contributed by atoms with Crippen molar-refractivity contribution in [2.24, 2.45) is 0 Å². The minimum Gasteiger partial charge on any atom is -0.315 e. The molecule has 0 bridgehead atoms. The van der Waals surface area contributed by atoms with Gasteiger partial charge in [0, 0.05) is 41.9 Å². The average molecular weight is 301 g/mol. The van der Waals surface area contributed by atoms with E-state index in [0.717, 1.165) is 17.4 Å². The molecule has 2 N–H and O–H groups in total. The zero-order valence-electron chi connectivity index (χ0n) is 9.98. The number of rotatable bonds is 5. The molecule has 0 atom stereocenters. The smallest absolute Gasteiger partial charge is 0.305 e. The highest BCUT2D eigenvalue weighted by Gasteiger charge is 2.18. The predicted octanol–water partition coefficient (Wildman–Crippen LogP) is 1.91. The lowest BCUT2D eigenvalue weighted by Gasteiger charge is -2.05. The molecule has 0 saturated carbocycles. The number of hydrogen-bond donors (Lipinski definition) is 2. The summed E-state index contributed by atoms with van der Waals surface area (Å²) >= 11 is 0.998. The molecule has 0 aliphatic carbocycles. The van der Waals surface area contributed by atoms with E-state index in [1.165, 1.54) is 0 Å². The van der Waals surface area contributed by atoms with Crippen LogP contribution < -0.4 is 10.2 Å². The molecule has 2 rings (SSSR count). The van der Waals surface area contributed by atoms with Gasteiger partial charge in [-0.3, -0.25) is 14.9 Å². The molecular formula is C11H9F2N3O3S. The zero-order valence-corrected chi connectivity index (χ0v) is 10.8. The molecule has 9 heteroatoms. The van der Waals surface area contributed by atoms with Gasteiger partial charge in [-0.2, -0.15) is 4.39 Å². The number of nitrogens with one attached hydrogen (secondary N) is 2. The van der Waals surface area contributed by atoms with Crippen LogP contribution in [0.2, 0.25) is 0 Å². The van der Waals surface area contributed by atoms with Gasteiger partial charge in [-0.1, -0.05) is 11.3 Å². The molecule has 0 aliphatic heterocycles. The highest BCUT2D eigenvalue weighted by Crippen LogP contribution is 2.21. The Bertz CT molecular complexity index is 698. The molecule has 0 spiro atoms. The van der Waals surface area contributed by atoms with Gasteiger partial charge in [0.1, 0.15) is 5.82 Å². The zero-order chi connectivity index (χ0) is 14.7. The Labute approximate surface area is 115 Å². The molecule has 0 amide bonds. The highest BCUT2D eigenvalue weighted by atomic mass is 32.1. The van der Waals surface area contributed by atoms with Crippen LogP contribution in [-0.4, -0.2) is 9.91 Å². The van der Waals surface area contributed by atoms with Crippen molar-refractivity contribution >= 4 is 17.0 Å². The normalized spacial score (nSPS) is 10.7. The second kappa shape index (κ2) is 5.88. The monoisotopic (exact) mass is 301 g/mol. The Balaban J connectivity index is 2.07. The van der Waals surface area contributed by atoms with Crippen molar-refractivity contribution in [2.75, 3.05) is 0 Å². The molecule has 6 nitrogen and oxygen atoms in total. The van der Waals surface area contributed by atoms with Crippen molar-refractivity contribution < 1.29 is 13.7 Å². The average Bonchev–Trinajstić information content (AvgIpc) is 2.77. The molecule has 1 heterocycles. The van der Waals surface area contributed by atoms with E-state index in [9.17, 15) is 23.7 Å². The van der Waals surface area contributed by atoms with E-state index in [2.05, 4.69) is 10.3 Å². The first kappa shape index (κ1) is 14.3. The van der Waals surface area contributed by atoms with Gasteiger partial charge in [0.25, 0.3) is 0 Å². The fourth-order valence-electron chi connectivity index (χ4n) is 1.59. The fraction of sp³-hybridized carbons (Fsp3) is 0.182. The molecule has 0 fully saturated rings. The maximum absolute atomic E-state index is 13.5. The molecule has 0 aliphatic rings. The summed E-state index contributed by atoms with van der Waals surface area (Å²) in [6, 6.07) is 1.34. The van der Waals surface area contributed by atoms with E-state index in [-0.39, 0.29) is 23.5 Å². The Hall–Kier alpha value is -2.13. The van der Waals surface area contributed by atoms with Gasteiger partial charge in [0.05, 0.1) is 4.92 Å². The Kier molecular flexibility index (Phi) is 4.20. The quantitative estimate of drug-likeness (QED) is 0.652. The van der Waals surface area contributed by atoms with Gasteiger partial charge in [0.15, 0.2) is 0 Å². The molecule has 106 valence electrons. The van der Waals surface area contributed by atoms with E-state index in [1.807, 2.05) is 0 Å². The SMILES string of the molecule is O=c1[nH]c(CNCc2cc([N+](=O)[O-])c(F)cc2F)cs1. The van der Waals surface area contributed by atoms with E-state index in [4.69, 9.17) is 0 Å². The van der Waals surface area contributed by atoms with Gasteiger partial charge >= 0.3 is 10.6 Å². The topological polar surface area (TPSA) is 88.0 Å². The van der Waals surface area contributed by atoms with E-state index < -0.39 is 22.2 Å². The number of nitrogens with zero attached hydrogens (tertiary/aromatic N) is 1. The van der Waals surface area contributed by atoms with E-state index in [0.29, 0.717) is 11.8 Å². The third-order valence-corrected chi connectivity index (χ3v) is 3.23. The van der Waals surface area contributed by atoms with Crippen LogP contribution in [0.15, 0.2) is 22.3 Å². The van der Waals surface area contributed by atoms with Crippen LogP contribution in [0, 0.1) is 21.7 Å². The van der Waals surface area contributed by atoms with Gasteiger partial charge in [-0.15, -0.1) is 0 Å². The number of hydrogen-bond acceptors (Lipinski definition) is 5. The summed E-state index contributed by atoms with van der Waals surface area (Å²) in [5.74, 6) is -2.07. The van der Waals surface area contributed by atoms with Crippen LogP contribution in [0.25, 0.3) is 0 Å². The molecular weight excluding hydrogens is 292 g/mol. The van der Waals surface area contributed by atoms with Gasteiger partial charge in [-0.25, -0.2) is 4.39 Å². The van der Waals surface area contributed by atoms with Gasteiger partial charge < -0.3 is 10.3 Å². The number of halogens is 2. The largest absolute Gasteiger partial charge is 0.315 e. The second-order valence-corrected chi connectivity index (χ2v) is 4.77. The van der Waals surface area contributed by atoms with Crippen LogP contribution in [0.3, 0.4) is 0 Å². The van der Waals surface area contributed by atoms with Crippen molar-refractivity contribution in [1.82, 2.24) is 10.3 Å². The first-order valence-corrected chi connectivity index (χ1v) is 6.35. The maximum Gasteiger partial charge on any atom is 0.305 e.